The lowest BCUT2D eigenvalue weighted by atomic mass is 10.3. The number of fused-ring (bicyclic) bond motifs is 2. The second kappa shape index (κ2) is 4.79. The maximum Gasteiger partial charge on any atom is 0.190 e. The van der Waals surface area contributed by atoms with Gasteiger partial charge >= 0.3 is 0 Å². The Hall–Kier alpha value is -1.13. The zero-order valence-electron chi connectivity index (χ0n) is 7.37. The molecule has 2 aliphatic rings. The molecule has 0 unspecified atom stereocenters. The van der Waals surface area contributed by atoms with Crippen LogP contribution in [-0.4, -0.2) is 17.4 Å². The van der Waals surface area contributed by atoms with Gasteiger partial charge in [0.05, 0.1) is 0 Å². The van der Waals surface area contributed by atoms with Gasteiger partial charge in [-0.2, -0.15) is 0 Å². The van der Waals surface area contributed by atoms with Crippen LogP contribution in [0.3, 0.4) is 0 Å². The summed E-state index contributed by atoms with van der Waals surface area (Å²) in [4.78, 5) is 0. The summed E-state index contributed by atoms with van der Waals surface area (Å²) in [5.41, 5.74) is 4.67. The highest BCUT2D eigenvalue weighted by atomic mass is 32.1. The number of thiocarbonyl (C=S) groups is 1. The lowest BCUT2D eigenvalue weighted by molar-refractivity contribution is 0.233. The zero-order valence-corrected chi connectivity index (χ0v) is 8.19. The van der Waals surface area contributed by atoms with E-state index >= 15 is 0 Å². The van der Waals surface area contributed by atoms with Gasteiger partial charge in [-0.3, -0.25) is 5.21 Å². The van der Waals surface area contributed by atoms with Gasteiger partial charge in [-0.1, -0.05) is 24.3 Å². The molecule has 3 nitrogen and oxygen atoms in total. The molecule has 0 atom stereocenters. The normalized spacial score (nSPS) is 15.5. The number of allylic oxidation sites excluding steroid dienone is 6. The minimum absolute atomic E-state index is 0.231. The van der Waals surface area contributed by atoms with Crippen LogP contribution >= 0.6 is 12.2 Å². The molecular weight excluding hydrogens is 184 g/mol. The first-order valence-electron chi connectivity index (χ1n) is 3.96. The van der Waals surface area contributed by atoms with Crippen LogP contribution in [0.1, 0.15) is 6.42 Å². The van der Waals surface area contributed by atoms with Crippen molar-refractivity contribution in [2.75, 3.05) is 7.05 Å². The van der Waals surface area contributed by atoms with Crippen LogP contribution in [0, 0.1) is 0 Å². The lowest BCUT2D eigenvalue weighted by Crippen LogP contribution is -2.29. The summed E-state index contributed by atoms with van der Waals surface area (Å²) in [5.74, 6) is 0. The van der Waals surface area contributed by atoms with Crippen LogP contribution in [0.2, 0.25) is 0 Å². The summed E-state index contributed by atoms with van der Waals surface area (Å²) in [7, 11) is 1.62. The maximum atomic E-state index is 7.88. The average Bonchev–Trinajstić information content (AvgIpc) is 2.81. The number of rotatable bonds is 0. The van der Waals surface area contributed by atoms with Gasteiger partial charge in [-0.05, 0) is 29.8 Å². The van der Waals surface area contributed by atoms with E-state index in [-0.39, 0.29) is 5.11 Å². The third-order valence-corrected chi connectivity index (χ3v) is 2.06. The first kappa shape index (κ1) is 9.95. The second-order valence-electron chi connectivity index (χ2n) is 2.68. The highest BCUT2D eigenvalue weighted by molar-refractivity contribution is 7.80. The molecule has 0 radical (unpaired) electrons. The smallest absolute Gasteiger partial charge is 0.190 e. The Morgan fingerprint density at radius 1 is 1.38 bits per heavy atom. The van der Waals surface area contributed by atoms with Crippen LogP contribution in [0.15, 0.2) is 35.5 Å². The van der Waals surface area contributed by atoms with Gasteiger partial charge in [-0.15, -0.1) is 0 Å². The molecule has 4 heteroatoms. The Morgan fingerprint density at radius 3 is 2.00 bits per heavy atom. The molecule has 2 rings (SSSR count). The molecule has 0 aromatic rings. The van der Waals surface area contributed by atoms with Crippen LogP contribution in [-0.2, 0) is 0 Å². The second-order valence-corrected chi connectivity index (χ2v) is 3.09. The van der Waals surface area contributed by atoms with Crippen molar-refractivity contribution in [2.45, 2.75) is 6.42 Å². The predicted octanol–water partition coefficient (Wildman–Crippen LogP) is 1.28. The third kappa shape index (κ3) is 3.01. The average molecular weight is 196 g/mol. The van der Waals surface area contributed by atoms with Crippen molar-refractivity contribution in [1.82, 2.24) is 10.8 Å². The fraction of sp³-hybridized carbons (Fsp3) is 0.222. The van der Waals surface area contributed by atoms with Crippen LogP contribution < -0.4 is 10.8 Å². The molecule has 70 valence electrons. The van der Waals surface area contributed by atoms with Gasteiger partial charge in [0.2, 0.25) is 0 Å². The number of hydrogen-bond donors (Lipinski definition) is 3. The standard InChI is InChI=1S/C7H6.C2H6N2OS/c1-2-7-4-3-6(1)5-7;1-3-2(6)4-5/h1-4H,5H2;5H,1H3,(H2,3,4,6). The first-order chi connectivity index (χ1) is 6.26. The van der Waals surface area contributed by atoms with Crippen molar-refractivity contribution in [1.29, 1.82) is 0 Å². The van der Waals surface area contributed by atoms with Gasteiger partial charge in [-0.25, -0.2) is 5.48 Å². The Bertz CT molecular complexity index is 266. The molecular formula is C9H12N2OS. The summed E-state index contributed by atoms with van der Waals surface area (Å²) in [6.45, 7) is 0. The fourth-order valence-electron chi connectivity index (χ4n) is 1.07. The lowest BCUT2D eigenvalue weighted by Gasteiger charge is -1.94. The first-order valence-corrected chi connectivity index (χ1v) is 4.36. The Kier molecular flexibility index (Phi) is 3.67. The van der Waals surface area contributed by atoms with Gasteiger partial charge in [0.1, 0.15) is 0 Å². The van der Waals surface area contributed by atoms with E-state index in [1.165, 1.54) is 17.6 Å². The molecule has 0 fully saturated rings. The van der Waals surface area contributed by atoms with Gasteiger partial charge < -0.3 is 5.32 Å². The molecule has 0 saturated heterocycles. The molecule has 0 aromatic carbocycles. The summed E-state index contributed by atoms with van der Waals surface area (Å²) in [6, 6.07) is 0. The van der Waals surface area contributed by atoms with Gasteiger partial charge in [0.15, 0.2) is 5.11 Å². The van der Waals surface area contributed by atoms with Crippen molar-refractivity contribution in [3.05, 3.63) is 35.5 Å². The molecule has 3 N–H and O–H groups in total. The predicted molar refractivity (Wildman–Crippen MR) is 56.5 cm³/mol. The molecule has 13 heavy (non-hydrogen) atoms. The number of hydrogen-bond acceptors (Lipinski definition) is 2. The van der Waals surface area contributed by atoms with E-state index in [4.69, 9.17) is 5.21 Å². The van der Waals surface area contributed by atoms with Crippen molar-refractivity contribution in [2.24, 2.45) is 0 Å². The Balaban J connectivity index is 0.000000133. The molecule has 0 saturated carbocycles. The molecule has 0 heterocycles. The molecule has 0 spiro atoms. The summed E-state index contributed by atoms with van der Waals surface area (Å²) in [5, 5.41) is 10.6. The van der Waals surface area contributed by atoms with Crippen LogP contribution in [0.25, 0.3) is 0 Å². The highest BCUT2D eigenvalue weighted by Crippen LogP contribution is 2.27. The SMILES string of the molecule is C1=CC2=CC=C1C2.CNC(=S)NO. The van der Waals surface area contributed by atoms with E-state index in [1.54, 1.807) is 12.5 Å². The summed E-state index contributed by atoms with van der Waals surface area (Å²) >= 11 is 4.38. The van der Waals surface area contributed by atoms with E-state index in [2.05, 4.69) is 41.8 Å². The van der Waals surface area contributed by atoms with E-state index in [1.807, 2.05) is 0 Å². The maximum absolute atomic E-state index is 7.88. The fourth-order valence-corrected chi connectivity index (χ4v) is 1.07. The quantitative estimate of drug-likeness (QED) is 0.403. The topological polar surface area (TPSA) is 44.3 Å². The molecule has 2 bridgehead atoms. The summed E-state index contributed by atoms with van der Waals surface area (Å²) in [6.07, 6.45) is 9.90. The minimum atomic E-state index is 0.231. The zero-order chi connectivity index (χ0) is 9.68. The molecule has 2 aliphatic carbocycles. The Morgan fingerprint density at radius 2 is 1.92 bits per heavy atom. The van der Waals surface area contributed by atoms with E-state index in [9.17, 15) is 0 Å². The largest absolute Gasteiger partial charge is 0.364 e. The number of hydroxylamine groups is 1. The van der Waals surface area contributed by atoms with Gasteiger partial charge in [0, 0.05) is 7.05 Å². The molecule has 0 aromatic heterocycles. The minimum Gasteiger partial charge on any atom is -0.364 e. The van der Waals surface area contributed by atoms with E-state index in [0.717, 1.165) is 0 Å². The van der Waals surface area contributed by atoms with Gasteiger partial charge in [0.25, 0.3) is 0 Å². The van der Waals surface area contributed by atoms with E-state index in [0.29, 0.717) is 0 Å². The highest BCUT2D eigenvalue weighted by Gasteiger charge is 2.07. The third-order valence-electron chi connectivity index (χ3n) is 1.76. The van der Waals surface area contributed by atoms with Crippen LogP contribution in [0.5, 0.6) is 0 Å². The van der Waals surface area contributed by atoms with Crippen molar-refractivity contribution in [3.8, 4) is 0 Å². The summed E-state index contributed by atoms with van der Waals surface area (Å²) < 4.78 is 0. The molecule has 0 amide bonds. The van der Waals surface area contributed by atoms with Crippen LogP contribution in [0.4, 0.5) is 0 Å². The van der Waals surface area contributed by atoms with Crippen molar-refractivity contribution < 1.29 is 5.21 Å². The van der Waals surface area contributed by atoms with E-state index < -0.39 is 0 Å². The van der Waals surface area contributed by atoms with Crippen molar-refractivity contribution >= 4 is 17.3 Å². The number of nitrogens with one attached hydrogen (secondary N) is 2. The monoisotopic (exact) mass is 196 g/mol. The Labute approximate surface area is 82.8 Å². The van der Waals surface area contributed by atoms with Crippen molar-refractivity contribution in [3.63, 3.8) is 0 Å². The molecule has 0 aliphatic heterocycles.